The molecule has 5 unspecified atom stereocenters. The van der Waals surface area contributed by atoms with Crippen LogP contribution in [0.25, 0.3) is 10.8 Å². The fraction of sp³-hybridized carbons (Fsp3) is 0.484. The number of ether oxygens (including phenoxy) is 1. The van der Waals surface area contributed by atoms with Crippen molar-refractivity contribution >= 4 is 22.3 Å². The van der Waals surface area contributed by atoms with Crippen molar-refractivity contribution in [3.63, 3.8) is 0 Å². The average Bonchev–Trinajstić information content (AvgIpc) is 3.13. The van der Waals surface area contributed by atoms with Gasteiger partial charge in [-0.15, -0.1) is 0 Å². The average molecular weight is 487 g/mol. The highest BCUT2D eigenvalue weighted by Gasteiger charge is 2.68. The molecular formula is C31H34O5. The maximum absolute atomic E-state index is 13.5. The fourth-order valence-electron chi connectivity index (χ4n) is 8.31. The Hall–Kier alpha value is -2.76. The summed E-state index contributed by atoms with van der Waals surface area (Å²) in [6.45, 7) is 3.93. The molecule has 0 heterocycles. The molecule has 2 aromatic carbocycles. The zero-order valence-corrected chi connectivity index (χ0v) is 20.9. The van der Waals surface area contributed by atoms with E-state index in [1.807, 2.05) is 55.5 Å². The van der Waals surface area contributed by atoms with Crippen LogP contribution in [-0.4, -0.2) is 40.1 Å². The Morgan fingerprint density at radius 3 is 2.69 bits per heavy atom. The minimum Gasteiger partial charge on any atom is -0.486 e. The quantitative estimate of drug-likeness (QED) is 0.649. The molecule has 6 rings (SSSR count). The Labute approximate surface area is 211 Å². The van der Waals surface area contributed by atoms with E-state index in [1.54, 1.807) is 12.2 Å². The second kappa shape index (κ2) is 8.12. The number of hydrogen-bond donors (Lipinski definition) is 2. The lowest BCUT2D eigenvalue weighted by molar-refractivity contribution is -0.178. The van der Waals surface area contributed by atoms with Crippen molar-refractivity contribution in [2.24, 2.45) is 28.6 Å². The molecule has 36 heavy (non-hydrogen) atoms. The number of hydrogen-bond acceptors (Lipinski definition) is 5. The van der Waals surface area contributed by atoms with Crippen molar-refractivity contribution in [2.45, 2.75) is 57.7 Å². The van der Waals surface area contributed by atoms with E-state index in [0.717, 1.165) is 35.6 Å². The van der Waals surface area contributed by atoms with Gasteiger partial charge in [0.25, 0.3) is 0 Å². The van der Waals surface area contributed by atoms with Crippen LogP contribution >= 0.6 is 0 Å². The van der Waals surface area contributed by atoms with Crippen LogP contribution in [0.15, 0.2) is 66.3 Å². The molecule has 2 N–H and O–H groups in total. The number of allylic oxidation sites excluding steroid dienone is 4. The predicted octanol–water partition coefficient (Wildman–Crippen LogP) is 4.80. The topological polar surface area (TPSA) is 83.8 Å². The number of carbonyl (C=O) groups excluding carboxylic acids is 2. The van der Waals surface area contributed by atoms with E-state index in [4.69, 9.17) is 4.74 Å². The second-order valence-electron chi connectivity index (χ2n) is 11.8. The van der Waals surface area contributed by atoms with Crippen molar-refractivity contribution in [3.05, 3.63) is 66.3 Å². The number of carbonyl (C=O) groups is 2. The number of rotatable bonds is 4. The number of aliphatic hydroxyl groups excluding tert-OH is 1. The lowest BCUT2D eigenvalue weighted by Gasteiger charge is -2.59. The Bertz CT molecular complexity index is 1310. The molecular weight excluding hydrogens is 452 g/mol. The van der Waals surface area contributed by atoms with Crippen molar-refractivity contribution in [1.29, 1.82) is 0 Å². The van der Waals surface area contributed by atoms with Gasteiger partial charge in [0, 0.05) is 16.7 Å². The molecule has 5 heteroatoms. The van der Waals surface area contributed by atoms with Crippen LogP contribution in [0.5, 0.6) is 5.75 Å². The highest BCUT2D eigenvalue weighted by molar-refractivity contribution is 6.01. The third-order valence-corrected chi connectivity index (χ3v) is 10.2. The maximum atomic E-state index is 13.5. The first kappa shape index (κ1) is 23.6. The molecule has 7 atom stereocenters. The summed E-state index contributed by atoms with van der Waals surface area (Å²) in [4.78, 5) is 25.6. The first-order valence-electron chi connectivity index (χ1n) is 13.2. The molecule has 0 radical (unpaired) electrons. The summed E-state index contributed by atoms with van der Waals surface area (Å²) in [6, 6.07) is 13.7. The van der Waals surface area contributed by atoms with Crippen molar-refractivity contribution < 1.29 is 24.5 Å². The van der Waals surface area contributed by atoms with E-state index in [-0.39, 0.29) is 41.3 Å². The van der Waals surface area contributed by atoms with Crippen LogP contribution in [-0.2, 0) is 9.59 Å². The standard InChI is InChI=1S/C31H34O5/c1-29-13-11-22(32)16-21(29)8-10-24-25-12-14-31(35,30(25,2)17-26(33)28(24)29)27(34)18-36-23-9-7-19-5-3-4-6-20(19)15-23/h3-7,9,11,13,15-16,24-26,28,33,35H,8,10,12,14,17-18H2,1-2H3/t24?,25?,26-,28?,29?,30?,31-/m0/s1. The number of Topliss-reactive ketones (excluding diaryl/α,β-unsaturated/α-hetero) is 1. The Morgan fingerprint density at radius 2 is 1.89 bits per heavy atom. The third-order valence-electron chi connectivity index (χ3n) is 10.2. The van der Waals surface area contributed by atoms with Crippen LogP contribution in [0.1, 0.15) is 46.0 Å². The fourth-order valence-corrected chi connectivity index (χ4v) is 8.31. The summed E-state index contributed by atoms with van der Waals surface area (Å²) in [7, 11) is 0. The minimum atomic E-state index is -1.53. The largest absolute Gasteiger partial charge is 0.486 e. The normalized spacial score (nSPS) is 39.2. The monoisotopic (exact) mass is 486 g/mol. The van der Waals surface area contributed by atoms with Crippen LogP contribution in [0, 0.1) is 28.6 Å². The maximum Gasteiger partial charge on any atom is 0.202 e. The van der Waals surface area contributed by atoms with E-state index < -0.39 is 17.1 Å². The minimum absolute atomic E-state index is 0.0170. The molecule has 0 amide bonds. The van der Waals surface area contributed by atoms with Crippen LogP contribution in [0.4, 0.5) is 0 Å². The molecule has 4 aliphatic carbocycles. The molecule has 4 aliphatic rings. The first-order chi connectivity index (χ1) is 17.2. The Balaban J connectivity index is 1.24. The van der Waals surface area contributed by atoms with Crippen molar-refractivity contribution in [1.82, 2.24) is 0 Å². The highest BCUT2D eigenvalue weighted by Crippen LogP contribution is 2.67. The zero-order valence-electron chi connectivity index (χ0n) is 20.9. The Morgan fingerprint density at radius 1 is 1.11 bits per heavy atom. The zero-order chi connectivity index (χ0) is 25.3. The van der Waals surface area contributed by atoms with E-state index in [1.165, 1.54) is 0 Å². The van der Waals surface area contributed by atoms with Gasteiger partial charge in [0.1, 0.15) is 18.0 Å². The van der Waals surface area contributed by atoms with E-state index in [2.05, 4.69) is 6.92 Å². The number of fused-ring (bicyclic) bond motifs is 6. The summed E-state index contributed by atoms with van der Waals surface area (Å²) >= 11 is 0. The molecule has 5 nitrogen and oxygen atoms in total. The van der Waals surface area contributed by atoms with Gasteiger partial charge in [-0.3, -0.25) is 9.59 Å². The van der Waals surface area contributed by atoms with E-state index in [0.29, 0.717) is 18.6 Å². The van der Waals surface area contributed by atoms with Gasteiger partial charge in [-0.05, 0) is 79.0 Å². The first-order valence-corrected chi connectivity index (χ1v) is 13.2. The van der Waals surface area contributed by atoms with Crippen molar-refractivity contribution in [3.8, 4) is 5.75 Å². The number of benzene rings is 2. The van der Waals surface area contributed by atoms with Gasteiger partial charge in [-0.1, -0.05) is 55.8 Å². The smallest absolute Gasteiger partial charge is 0.202 e. The molecule has 0 bridgehead atoms. The molecule has 3 saturated carbocycles. The van der Waals surface area contributed by atoms with Crippen LogP contribution in [0.2, 0.25) is 0 Å². The summed E-state index contributed by atoms with van der Waals surface area (Å²) in [5, 5.41) is 25.5. The Kier molecular flexibility index (Phi) is 5.33. The van der Waals surface area contributed by atoms with Crippen LogP contribution < -0.4 is 4.74 Å². The van der Waals surface area contributed by atoms with Gasteiger partial charge < -0.3 is 14.9 Å². The van der Waals surface area contributed by atoms with Gasteiger partial charge in [0.2, 0.25) is 5.78 Å². The lowest BCUT2D eigenvalue weighted by atomic mass is 9.46. The third kappa shape index (κ3) is 3.29. The molecule has 2 aromatic rings. The van der Waals surface area contributed by atoms with E-state index in [9.17, 15) is 19.8 Å². The predicted molar refractivity (Wildman–Crippen MR) is 137 cm³/mol. The van der Waals surface area contributed by atoms with Gasteiger partial charge in [-0.25, -0.2) is 0 Å². The molecule has 0 saturated heterocycles. The molecule has 0 aromatic heterocycles. The number of aliphatic hydroxyl groups is 2. The SMILES string of the molecule is CC12C=CC(=O)C=C1CCC1C2[C@@H](O)CC2(C)C1CC[C@]2(O)C(=O)COc1ccc2ccccc2c1. The summed E-state index contributed by atoms with van der Waals surface area (Å²) in [5.41, 5.74) is -1.51. The molecule has 188 valence electrons. The van der Waals surface area contributed by atoms with Gasteiger partial charge >= 0.3 is 0 Å². The summed E-state index contributed by atoms with van der Waals surface area (Å²) in [6.07, 6.45) is 7.87. The lowest BCUT2D eigenvalue weighted by Crippen LogP contribution is -2.61. The summed E-state index contributed by atoms with van der Waals surface area (Å²) < 4.78 is 5.89. The van der Waals surface area contributed by atoms with Crippen LogP contribution in [0.3, 0.4) is 0 Å². The van der Waals surface area contributed by atoms with Gasteiger partial charge in [-0.2, -0.15) is 0 Å². The van der Waals surface area contributed by atoms with Gasteiger partial charge in [0.15, 0.2) is 5.78 Å². The second-order valence-corrected chi connectivity index (χ2v) is 11.8. The number of ketones is 2. The molecule has 0 aliphatic heterocycles. The highest BCUT2D eigenvalue weighted by atomic mass is 16.5. The summed E-state index contributed by atoms with van der Waals surface area (Å²) in [5.74, 6) is 0.603. The van der Waals surface area contributed by atoms with Gasteiger partial charge in [0.05, 0.1) is 6.10 Å². The van der Waals surface area contributed by atoms with E-state index >= 15 is 0 Å². The van der Waals surface area contributed by atoms with Crippen molar-refractivity contribution in [2.75, 3.05) is 6.61 Å². The molecule has 3 fully saturated rings. The molecule has 0 spiro atoms.